The van der Waals surface area contributed by atoms with Gasteiger partial charge < -0.3 is 10.2 Å². The Hall–Kier alpha value is -3.49. The van der Waals surface area contributed by atoms with Crippen molar-refractivity contribution in [3.05, 3.63) is 92.8 Å². The second-order valence-corrected chi connectivity index (χ2v) is 11.2. The zero-order valence-corrected chi connectivity index (χ0v) is 21.8. The van der Waals surface area contributed by atoms with E-state index in [-0.39, 0.29) is 17.6 Å². The van der Waals surface area contributed by atoms with Gasteiger partial charge in [0, 0.05) is 42.8 Å². The molecule has 0 saturated carbocycles. The number of fused-ring (bicyclic) bond motifs is 3. The van der Waals surface area contributed by atoms with Crippen molar-refractivity contribution >= 4 is 33.3 Å². The number of thiophene rings is 1. The Bertz CT molecular complexity index is 1470. The van der Waals surface area contributed by atoms with Crippen LogP contribution in [0.1, 0.15) is 40.5 Å². The van der Waals surface area contributed by atoms with Crippen LogP contribution >= 0.6 is 11.3 Å². The first-order chi connectivity index (χ1) is 18.0. The molecule has 2 aliphatic rings. The lowest BCUT2D eigenvalue weighted by atomic mass is 10.0. The van der Waals surface area contributed by atoms with E-state index in [1.807, 2.05) is 46.7 Å². The molecule has 1 saturated heterocycles. The van der Waals surface area contributed by atoms with Gasteiger partial charge in [0.15, 0.2) is 0 Å². The molecule has 1 fully saturated rings. The summed E-state index contributed by atoms with van der Waals surface area (Å²) in [5.41, 5.74) is 4.42. The number of likely N-dealkylation sites (tertiary alicyclic amines) is 1. The van der Waals surface area contributed by atoms with Gasteiger partial charge in [-0.25, -0.2) is 9.78 Å². The maximum atomic E-state index is 13.6. The van der Waals surface area contributed by atoms with Gasteiger partial charge in [-0.15, -0.1) is 11.3 Å². The Kier molecular flexibility index (Phi) is 6.52. The van der Waals surface area contributed by atoms with Crippen molar-refractivity contribution in [2.24, 2.45) is 0 Å². The van der Waals surface area contributed by atoms with Gasteiger partial charge in [-0.1, -0.05) is 48.0 Å². The fourth-order valence-corrected chi connectivity index (χ4v) is 6.66. The molecule has 190 valence electrons. The number of carbonyl (C=O) groups excluding carboxylic acids is 1. The summed E-state index contributed by atoms with van der Waals surface area (Å²) in [5.74, 6) is 0. The summed E-state index contributed by atoms with van der Waals surface area (Å²) in [5, 5.41) is 3.75. The number of hydrogen-bond acceptors (Lipinski definition) is 5. The lowest BCUT2D eigenvalue weighted by Crippen LogP contribution is -2.39. The Balaban J connectivity index is 1.16. The van der Waals surface area contributed by atoms with Crippen molar-refractivity contribution in [2.45, 2.75) is 45.3 Å². The standard InChI is InChI=1S/C29H31N5O2S/c1-20-7-9-22(10-8-20)31-29(36)33-16-13-24-25(18-33)37-27-26(24)28(35)34(19-30-27)23-11-14-32(15-12-23)17-21-5-3-2-4-6-21/h2-10,19,23H,11-18H2,1H3,(H,31,36). The summed E-state index contributed by atoms with van der Waals surface area (Å²) in [6, 6.07) is 18.4. The van der Waals surface area contributed by atoms with Crippen molar-refractivity contribution in [3.63, 3.8) is 0 Å². The quantitative estimate of drug-likeness (QED) is 0.408. The van der Waals surface area contributed by atoms with Gasteiger partial charge in [-0.05, 0) is 49.4 Å². The molecule has 1 N–H and O–H groups in total. The molecular weight excluding hydrogens is 482 g/mol. The second kappa shape index (κ2) is 10.1. The molecule has 2 aromatic carbocycles. The number of nitrogens with one attached hydrogen (secondary N) is 1. The molecule has 0 spiro atoms. The fraction of sp³-hybridized carbons (Fsp3) is 0.345. The van der Waals surface area contributed by atoms with Crippen LogP contribution in [-0.2, 0) is 19.5 Å². The predicted molar refractivity (Wildman–Crippen MR) is 148 cm³/mol. The van der Waals surface area contributed by atoms with E-state index in [2.05, 4.69) is 34.5 Å². The third-order valence-electron chi connectivity index (χ3n) is 7.58. The van der Waals surface area contributed by atoms with Crippen molar-refractivity contribution in [3.8, 4) is 0 Å². The second-order valence-electron chi connectivity index (χ2n) is 10.1. The number of anilines is 1. The van der Waals surface area contributed by atoms with E-state index < -0.39 is 0 Å². The first kappa shape index (κ1) is 23.9. The number of piperidine rings is 1. The van der Waals surface area contributed by atoms with Crippen molar-refractivity contribution < 1.29 is 4.79 Å². The van der Waals surface area contributed by atoms with Gasteiger partial charge in [0.2, 0.25) is 0 Å². The molecule has 4 aromatic rings. The van der Waals surface area contributed by atoms with Crippen LogP contribution in [0.3, 0.4) is 0 Å². The van der Waals surface area contributed by atoms with Gasteiger partial charge in [0.1, 0.15) is 4.83 Å². The summed E-state index contributed by atoms with van der Waals surface area (Å²) in [6.07, 6.45) is 4.30. The SMILES string of the molecule is Cc1ccc(NC(=O)N2CCc3c(sc4ncn(C5CCN(Cc6ccccc6)CC5)c(=O)c34)C2)cc1. The molecule has 0 bridgehead atoms. The number of benzene rings is 2. The highest BCUT2D eigenvalue weighted by Gasteiger charge is 2.28. The number of hydrogen-bond donors (Lipinski definition) is 1. The Morgan fingerprint density at radius 2 is 1.81 bits per heavy atom. The van der Waals surface area contributed by atoms with E-state index in [1.54, 1.807) is 17.7 Å². The smallest absolute Gasteiger partial charge is 0.319 e. The molecule has 8 heteroatoms. The van der Waals surface area contributed by atoms with Gasteiger partial charge in [0.05, 0.1) is 18.3 Å². The predicted octanol–water partition coefficient (Wildman–Crippen LogP) is 5.19. The summed E-state index contributed by atoms with van der Waals surface area (Å²) < 4.78 is 1.87. The zero-order chi connectivity index (χ0) is 25.4. The maximum Gasteiger partial charge on any atom is 0.322 e. The van der Waals surface area contributed by atoms with Gasteiger partial charge in [-0.3, -0.25) is 14.3 Å². The number of rotatable bonds is 4. The van der Waals surface area contributed by atoms with E-state index in [9.17, 15) is 9.59 Å². The van der Waals surface area contributed by atoms with Gasteiger partial charge in [0.25, 0.3) is 5.56 Å². The first-order valence-corrected chi connectivity index (χ1v) is 13.8. The molecule has 6 rings (SSSR count). The molecule has 7 nitrogen and oxygen atoms in total. The highest BCUT2D eigenvalue weighted by Crippen LogP contribution is 2.33. The van der Waals surface area contributed by atoms with E-state index >= 15 is 0 Å². The van der Waals surface area contributed by atoms with Crippen LogP contribution in [0.5, 0.6) is 0 Å². The average Bonchev–Trinajstić information content (AvgIpc) is 3.30. The minimum Gasteiger partial charge on any atom is -0.319 e. The minimum atomic E-state index is -0.111. The molecule has 0 unspecified atom stereocenters. The molecule has 4 heterocycles. The molecule has 37 heavy (non-hydrogen) atoms. The van der Waals surface area contributed by atoms with Gasteiger partial charge >= 0.3 is 6.03 Å². The number of urea groups is 1. The van der Waals surface area contributed by atoms with Crippen LogP contribution in [-0.4, -0.2) is 45.0 Å². The number of carbonyl (C=O) groups is 1. The van der Waals surface area contributed by atoms with E-state index in [4.69, 9.17) is 4.98 Å². The summed E-state index contributed by atoms with van der Waals surface area (Å²) in [4.78, 5) is 37.4. The Labute approximate surface area is 220 Å². The van der Waals surface area contributed by atoms with Crippen LogP contribution in [0.25, 0.3) is 10.2 Å². The van der Waals surface area contributed by atoms with Crippen LogP contribution in [0.2, 0.25) is 0 Å². The summed E-state index contributed by atoms with van der Waals surface area (Å²) in [6.45, 7) is 6.00. The van der Waals surface area contributed by atoms with Crippen molar-refractivity contribution in [1.29, 1.82) is 0 Å². The highest BCUT2D eigenvalue weighted by molar-refractivity contribution is 7.18. The van der Waals surface area contributed by atoms with Crippen LogP contribution in [0.15, 0.2) is 65.7 Å². The minimum absolute atomic E-state index is 0.0709. The summed E-state index contributed by atoms with van der Waals surface area (Å²) >= 11 is 1.55. The normalized spacial score (nSPS) is 16.6. The largest absolute Gasteiger partial charge is 0.322 e. The highest BCUT2D eigenvalue weighted by atomic mass is 32.1. The summed E-state index contributed by atoms with van der Waals surface area (Å²) in [7, 11) is 0. The van der Waals surface area contributed by atoms with E-state index in [0.717, 1.165) is 64.4 Å². The van der Waals surface area contributed by atoms with Crippen LogP contribution < -0.4 is 10.9 Å². The molecule has 2 aromatic heterocycles. The Morgan fingerprint density at radius 3 is 2.57 bits per heavy atom. The van der Waals surface area contributed by atoms with E-state index in [0.29, 0.717) is 19.5 Å². The number of nitrogens with zero attached hydrogens (tertiary/aromatic N) is 4. The lowest BCUT2D eigenvalue weighted by molar-refractivity contribution is 0.177. The lowest BCUT2D eigenvalue weighted by Gasteiger charge is -2.32. The molecule has 2 amide bonds. The third kappa shape index (κ3) is 4.91. The molecule has 0 atom stereocenters. The number of aromatic nitrogens is 2. The van der Waals surface area contributed by atoms with Crippen LogP contribution in [0, 0.1) is 6.92 Å². The third-order valence-corrected chi connectivity index (χ3v) is 8.70. The maximum absolute atomic E-state index is 13.6. The topological polar surface area (TPSA) is 70.5 Å². The zero-order valence-electron chi connectivity index (χ0n) is 21.0. The Morgan fingerprint density at radius 1 is 1.05 bits per heavy atom. The molecule has 2 aliphatic heterocycles. The van der Waals surface area contributed by atoms with Crippen LogP contribution in [0.4, 0.5) is 10.5 Å². The fourth-order valence-electron chi connectivity index (χ4n) is 5.47. The molecule has 0 radical (unpaired) electrons. The number of amides is 2. The first-order valence-electron chi connectivity index (χ1n) is 13.0. The molecule has 0 aliphatic carbocycles. The van der Waals surface area contributed by atoms with Crippen molar-refractivity contribution in [2.75, 3.05) is 25.0 Å². The van der Waals surface area contributed by atoms with Crippen molar-refractivity contribution in [1.82, 2.24) is 19.4 Å². The molecular formula is C29H31N5O2S. The monoisotopic (exact) mass is 513 g/mol. The number of aryl methyl sites for hydroxylation is 1. The average molecular weight is 514 g/mol. The van der Waals surface area contributed by atoms with Gasteiger partial charge in [-0.2, -0.15) is 0 Å². The van der Waals surface area contributed by atoms with E-state index in [1.165, 1.54) is 5.56 Å².